The van der Waals surface area contributed by atoms with Crippen LogP contribution in [-0.4, -0.2) is 15.8 Å². The third kappa shape index (κ3) is 3.10. The first-order valence-electron chi connectivity index (χ1n) is 8.72. The Morgan fingerprint density at radius 1 is 1.08 bits per heavy atom. The Hall–Kier alpha value is -2.46. The fraction of sp³-hybridized carbons (Fsp3) is 0.238. The normalized spacial score (nSPS) is 24.1. The van der Waals surface area contributed by atoms with Crippen LogP contribution in [0.15, 0.2) is 71.3 Å². The van der Waals surface area contributed by atoms with Crippen LogP contribution in [0.5, 0.6) is 0 Å². The van der Waals surface area contributed by atoms with Crippen molar-refractivity contribution in [2.24, 2.45) is 16.8 Å². The molecule has 126 valence electrons. The number of benzene rings is 2. The summed E-state index contributed by atoms with van der Waals surface area (Å²) < 4.78 is 0. The van der Waals surface area contributed by atoms with Crippen LogP contribution in [0.3, 0.4) is 0 Å². The predicted molar refractivity (Wildman–Crippen MR) is 107 cm³/mol. The maximum Gasteiger partial charge on any atom is 0.187 e. The molecular formula is C21H21N3S. The van der Waals surface area contributed by atoms with Gasteiger partial charge < -0.3 is 5.73 Å². The summed E-state index contributed by atoms with van der Waals surface area (Å²) in [4.78, 5) is 0. The number of nitrogens with zero attached hydrogens (tertiary/aromatic N) is 2. The molecule has 0 spiro atoms. The van der Waals surface area contributed by atoms with Crippen LogP contribution in [0.25, 0.3) is 6.08 Å². The van der Waals surface area contributed by atoms with Gasteiger partial charge in [-0.15, -0.1) is 0 Å². The molecule has 1 aliphatic heterocycles. The molecule has 2 aromatic rings. The lowest BCUT2D eigenvalue weighted by Gasteiger charge is -2.29. The predicted octanol–water partition coefficient (Wildman–Crippen LogP) is 4.53. The Bertz CT molecular complexity index is 827. The Morgan fingerprint density at radius 3 is 2.44 bits per heavy atom. The quantitative estimate of drug-likeness (QED) is 0.812. The van der Waals surface area contributed by atoms with E-state index in [1.54, 1.807) is 0 Å². The van der Waals surface area contributed by atoms with E-state index in [2.05, 4.69) is 54.6 Å². The van der Waals surface area contributed by atoms with E-state index in [0.29, 0.717) is 11.0 Å². The van der Waals surface area contributed by atoms with Gasteiger partial charge in [-0.3, -0.25) is 0 Å². The molecule has 0 saturated heterocycles. The van der Waals surface area contributed by atoms with Gasteiger partial charge in [0.1, 0.15) is 0 Å². The molecule has 2 aromatic carbocycles. The number of rotatable bonds is 2. The maximum absolute atomic E-state index is 6.01. The van der Waals surface area contributed by atoms with E-state index in [1.165, 1.54) is 16.7 Å². The number of hydrogen-bond acceptors (Lipinski definition) is 2. The highest BCUT2D eigenvalue weighted by atomic mass is 32.1. The standard InChI is InChI=1S/C21H21N3S/c22-21(25)24-20(16-10-5-2-6-11-16)18-13-7-12-17(19(18)23-24)14-15-8-3-1-4-9-15/h1-6,8-11,14,18,20H,7,12-13H2,(H2,22,25). The first-order chi connectivity index (χ1) is 12.2. The highest BCUT2D eigenvalue weighted by Gasteiger charge is 2.42. The van der Waals surface area contributed by atoms with Crippen molar-refractivity contribution in [3.8, 4) is 0 Å². The molecule has 0 amide bonds. The Balaban J connectivity index is 1.74. The number of allylic oxidation sites excluding steroid dienone is 1. The van der Waals surface area contributed by atoms with Crippen molar-refractivity contribution >= 4 is 29.1 Å². The monoisotopic (exact) mass is 347 g/mol. The number of fused-ring (bicyclic) bond motifs is 1. The second kappa shape index (κ2) is 6.81. The van der Waals surface area contributed by atoms with Gasteiger partial charge in [-0.1, -0.05) is 60.7 Å². The fourth-order valence-electron chi connectivity index (χ4n) is 3.92. The second-order valence-corrected chi connectivity index (χ2v) is 7.02. The zero-order valence-electron chi connectivity index (χ0n) is 14.0. The summed E-state index contributed by atoms with van der Waals surface area (Å²) in [7, 11) is 0. The molecule has 2 N–H and O–H groups in total. The maximum atomic E-state index is 6.01. The van der Waals surface area contributed by atoms with Crippen molar-refractivity contribution in [1.29, 1.82) is 0 Å². The molecule has 0 bridgehead atoms. The van der Waals surface area contributed by atoms with Gasteiger partial charge in [0.25, 0.3) is 0 Å². The van der Waals surface area contributed by atoms with Crippen LogP contribution in [0.2, 0.25) is 0 Å². The van der Waals surface area contributed by atoms with E-state index in [4.69, 9.17) is 23.1 Å². The van der Waals surface area contributed by atoms with Crippen LogP contribution >= 0.6 is 12.2 Å². The number of thiocarbonyl (C=S) groups is 1. The van der Waals surface area contributed by atoms with Gasteiger partial charge in [0, 0.05) is 5.92 Å². The van der Waals surface area contributed by atoms with E-state index in [9.17, 15) is 0 Å². The zero-order valence-corrected chi connectivity index (χ0v) is 14.8. The van der Waals surface area contributed by atoms with Gasteiger partial charge in [-0.25, -0.2) is 5.01 Å². The first-order valence-corrected chi connectivity index (χ1v) is 9.13. The van der Waals surface area contributed by atoms with Gasteiger partial charge in [-0.05, 0) is 54.3 Å². The van der Waals surface area contributed by atoms with Crippen LogP contribution in [0.1, 0.15) is 36.4 Å². The highest BCUT2D eigenvalue weighted by molar-refractivity contribution is 7.80. The second-order valence-electron chi connectivity index (χ2n) is 6.60. The summed E-state index contributed by atoms with van der Waals surface area (Å²) >= 11 is 5.30. The van der Waals surface area contributed by atoms with Crippen LogP contribution < -0.4 is 5.73 Å². The molecule has 0 aromatic heterocycles. The van der Waals surface area contributed by atoms with Gasteiger partial charge in [0.05, 0.1) is 11.8 Å². The molecule has 2 unspecified atom stereocenters. The minimum atomic E-state index is 0.105. The van der Waals surface area contributed by atoms with Crippen LogP contribution in [0.4, 0.5) is 0 Å². The highest BCUT2D eigenvalue weighted by Crippen LogP contribution is 2.44. The molecular weight excluding hydrogens is 326 g/mol. The molecule has 1 heterocycles. The van der Waals surface area contributed by atoms with Gasteiger partial charge in [-0.2, -0.15) is 5.10 Å². The van der Waals surface area contributed by atoms with E-state index >= 15 is 0 Å². The summed E-state index contributed by atoms with van der Waals surface area (Å²) in [5.41, 5.74) is 10.9. The van der Waals surface area contributed by atoms with E-state index < -0.39 is 0 Å². The van der Waals surface area contributed by atoms with Crippen LogP contribution in [0, 0.1) is 5.92 Å². The third-order valence-electron chi connectivity index (χ3n) is 5.01. The minimum absolute atomic E-state index is 0.105. The first kappa shape index (κ1) is 16.0. The summed E-state index contributed by atoms with van der Waals surface area (Å²) in [6.45, 7) is 0. The number of nitrogens with two attached hydrogens (primary N) is 1. The minimum Gasteiger partial charge on any atom is -0.375 e. The molecule has 4 heteroatoms. The molecule has 2 aliphatic rings. The molecule has 1 aliphatic carbocycles. The third-order valence-corrected chi connectivity index (χ3v) is 5.20. The Morgan fingerprint density at radius 2 is 1.76 bits per heavy atom. The smallest absolute Gasteiger partial charge is 0.187 e. The van der Waals surface area contributed by atoms with Crippen molar-refractivity contribution in [3.63, 3.8) is 0 Å². The van der Waals surface area contributed by atoms with E-state index in [-0.39, 0.29) is 6.04 Å². The fourth-order valence-corrected chi connectivity index (χ4v) is 4.07. The van der Waals surface area contributed by atoms with E-state index in [0.717, 1.165) is 25.0 Å². The zero-order chi connectivity index (χ0) is 17.2. The summed E-state index contributed by atoms with van der Waals surface area (Å²) in [6.07, 6.45) is 5.59. The molecule has 2 atom stereocenters. The molecule has 25 heavy (non-hydrogen) atoms. The van der Waals surface area contributed by atoms with Crippen molar-refractivity contribution in [3.05, 3.63) is 77.4 Å². The lowest BCUT2D eigenvalue weighted by Crippen LogP contribution is -2.34. The molecule has 1 saturated carbocycles. The number of hydrazone groups is 1. The SMILES string of the molecule is NC(=S)N1N=C2C(=Cc3ccccc3)CCCC2C1c1ccccc1. The molecule has 0 radical (unpaired) electrons. The largest absolute Gasteiger partial charge is 0.375 e. The molecule has 4 rings (SSSR count). The summed E-state index contributed by atoms with van der Waals surface area (Å²) in [5, 5.41) is 7.04. The van der Waals surface area contributed by atoms with Crippen molar-refractivity contribution < 1.29 is 0 Å². The summed E-state index contributed by atoms with van der Waals surface area (Å²) in [6, 6.07) is 21.0. The van der Waals surface area contributed by atoms with Gasteiger partial charge in [0.2, 0.25) is 0 Å². The number of hydrogen-bond donors (Lipinski definition) is 1. The molecule has 1 fully saturated rings. The lowest BCUT2D eigenvalue weighted by molar-refractivity contribution is 0.305. The Labute approximate surface area is 153 Å². The van der Waals surface area contributed by atoms with Crippen molar-refractivity contribution in [2.75, 3.05) is 0 Å². The average molecular weight is 347 g/mol. The van der Waals surface area contributed by atoms with Crippen LogP contribution in [-0.2, 0) is 0 Å². The van der Waals surface area contributed by atoms with Crippen molar-refractivity contribution in [2.45, 2.75) is 25.3 Å². The summed E-state index contributed by atoms with van der Waals surface area (Å²) in [5.74, 6) is 0.340. The average Bonchev–Trinajstić information content (AvgIpc) is 3.04. The topological polar surface area (TPSA) is 41.6 Å². The van der Waals surface area contributed by atoms with Gasteiger partial charge >= 0.3 is 0 Å². The van der Waals surface area contributed by atoms with Gasteiger partial charge in [0.15, 0.2) is 5.11 Å². The lowest BCUT2D eigenvalue weighted by atomic mass is 9.77. The Kier molecular flexibility index (Phi) is 4.36. The van der Waals surface area contributed by atoms with Crippen molar-refractivity contribution in [1.82, 2.24) is 5.01 Å². The van der Waals surface area contributed by atoms with E-state index in [1.807, 2.05) is 17.1 Å². The molecule has 3 nitrogen and oxygen atoms in total.